The summed E-state index contributed by atoms with van der Waals surface area (Å²) in [6, 6.07) is 0. The third-order valence-corrected chi connectivity index (χ3v) is 1.76. The highest BCUT2D eigenvalue weighted by Crippen LogP contribution is 2.10. The monoisotopic (exact) mass is 172 g/mol. The lowest BCUT2D eigenvalue weighted by atomic mass is 10.4. The molecule has 2 atom stereocenters. The number of hydrogen-bond donors (Lipinski definition) is 1. The van der Waals surface area contributed by atoms with Crippen molar-refractivity contribution in [2.24, 2.45) is 0 Å². The van der Waals surface area contributed by atoms with Gasteiger partial charge in [-0.1, -0.05) is 13.8 Å². The second-order valence-electron chi connectivity index (χ2n) is 2.96. The van der Waals surface area contributed by atoms with E-state index < -0.39 is 0 Å². The van der Waals surface area contributed by atoms with Crippen LogP contribution in [0.2, 0.25) is 0 Å². The number of epoxide rings is 1. The van der Waals surface area contributed by atoms with Gasteiger partial charge >= 0.3 is 0 Å². The molecule has 0 saturated carbocycles. The van der Waals surface area contributed by atoms with Crippen molar-refractivity contribution < 1.29 is 9.47 Å². The van der Waals surface area contributed by atoms with E-state index in [0.29, 0.717) is 6.10 Å². The normalized spacial score (nSPS) is 24.0. The maximum Gasteiger partial charge on any atom is 0.108 e. The van der Waals surface area contributed by atoms with Crippen LogP contribution in [-0.4, -0.2) is 25.5 Å². The van der Waals surface area contributed by atoms with Gasteiger partial charge in [0, 0.05) is 6.54 Å². The zero-order valence-electron chi connectivity index (χ0n) is 7.88. The molecule has 2 unspecified atom stereocenters. The zero-order valence-corrected chi connectivity index (χ0v) is 7.88. The molecule has 3 nitrogen and oxygen atoms in total. The van der Waals surface area contributed by atoms with E-state index in [4.69, 9.17) is 9.47 Å². The van der Waals surface area contributed by atoms with Gasteiger partial charge in [0.05, 0.1) is 13.2 Å². The van der Waals surface area contributed by atoms with Crippen LogP contribution in [0.4, 0.5) is 0 Å². The molecule has 0 aliphatic carbocycles. The summed E-state index contributed by atoms with van der Waals surface area (Å²) in [5.41, 5.74) is 0. The maximum absolute atomic E-state index is 5.55. The van der Waals surface area contributed by atoms with Crippen LogP contribution < -0.4 is 5.32 Å². The Kier molecular flexibility index (Phi) is 4.58. The Morgan fingerprint density at radius 3 is 2.92 bits per heavy atom. The Balaban J connectivity index is 1.98. The first-order chi connectivity index (χ1) is 5.86. The number of rotatable bonds is 7. The van der Waals surface area contributed by atoms with Crippen LogP contribution in [0, 0.1) is 6.54 Å². The van der Waals surface area contributed by atoms with E-state index in [-0.39, 0.29) is 6.23 Å². The molecule has 1 rings (SSSR count). The van der Waals surface area contributed by atoms with Crippen LogP contribution in [0.1, 0.15) is 26.7 Å². The van der Waals surface area contributed by atoms with Crippen LogP contribution in [0.3, 0.4) is 0 Å². The first kappa shape index (κ1) is 9.96. The van der Waals surface area contributed by atoms with Crippen molar-refractivity contribution in [3.8, 4) is 0 Å². The summed E-state index contributed by atoms with van der Waals surface area (Å²) in [4.78, 5) is 0. The van der Waals surface area contributed by atoms with Gasteiger partial charge < -0.3 is 9.47 Å². The Morgan fingerprint density at radius 1 is 1.67 bits per heavy atom. The zero-order chi connectivity index (χ0) is 8.81. The lowest BCUT2D eigenvalue weighted by molar-refractivity contribution is 0.0236. The Morgan fingerprint density at radius 2 is 2.42 bits per heavy atom. The van der Waals surface area contributed by atoms with E-state index in [2.05, 4.69) is 19.2 Å². The molecule has 71 valence electrons. The molecule has 12 heavy (non-hydrogen) atoms. The molecule has 1 saturated heterocycles. The highest BCUT2D eigenvalue weighted by Gasteiger charge is 2.23. The molecule has 1 aliphatic rings. The molecule has 0 spiro atoms. The first-order valence-electron chi connectivity index (χ1n) is 4.67. The van der Waals surface area contributed by atoms with Gasteiger partial charge in [-0.25, -0.2) is 0 Å². The van der Waals surface area contributed by atoms with Gasteiger partial charge in [-0.2, -0.15) is 0 Å². The van der Waals surface area contributed by atoms with E-state index >= 15 is 0 Å². The summed E-state index contributed by atoms with van der Waals surface area (Å²) in [6.45, 7) is 7.83. The number of ether oxygens (including phenoxy) is 2. The molecule has 0 bridgehead atoms. The maximum atomic E-state index is 5.55. The van der Waals surface area contributed by atoms with Gasteiger partial charge in [0.25, 0.3) is 0 Å². The molecule has 3 heteroatoms. The highest BCUT2D eigenvalue weighted by molar-refractivity contribution is 4.69. The van der Waals surface area contributed by atoms with Crippen molar-refractivity contribution >= 4 is 0 Å². The van der Waals surface area contributed by atoms with E-state index in [1.807, 2.05) is 6.54 Å². The second kappa shape index (κ2) is 5.51. The van der Waals surface area contributed by atoms with Gasteiger partial charge in [0.2, 0.25) is 0 Å². The molecule has 0 aromatic rings. The molecule has 1 fully saturated rings. The molecular formula is C9H18NO2. The van der Waals surface area contributed by atoms with Crippen molar-refractivity contribution in [2.45, 2.75) is 39.0 Å². The van der Waals surface area contributed by atoms with Gasteiger partial charge in [-0.15, -0.1) is 0 Å². The smallest absolute Gasteiger partial charge is 0.108 e. The van der Waals surface area contributed by atoms with Gasteiger partial charge in [-0.3, -0.25) is 5.32 Å². The third kappa shape index (κ3) is 4.04. The second-order valence-corrected chi connectivity index (χ2v) is 2.96. The summed E-state index contributed by atoms with van der Waals surface area (Å²) in [7, 11) is 0. The van der Waals surface area contributed by atoms with E-state index in [9.17, 15) is 0 Å². The Bertz CT molecular complexity index is 115. The quantitative estimate of drug-likeness (QED) is 0.464. The fourth-order valence-electron chi connectivity index (χ4n) is 0.921. The summed E-state index contributed by atoms with van der Waals surface area (Å²) >= 11 is 0. The van der Waals surface area contributed by atoms with Crippen molar-refractivity contribution in [3.05, 3.63) is 6.54 Å². The molecule has 0 aromatic heterocycles. The lowest BCUT2D eigenvalue weighted by Crippen LogP contribution is -2.30. The average Bonchev–Trinajstić information content (AvgIpc) is 2.89. The SMILES string of the molecule is CC[CH]NC(CC)OCC1CO1. The van der Waals surface area contributed by atoms with Crippen LogP contribution in [0.5, 0.6) is 0 Å². The molecule has 0 aromatic carbocycles. The molecule has 1 aliphatic heterocycles. The van der Waals surface area contributed by atoms with E-state index in [0.717, 1.165) is 26.1 Å². The Labute approximate surface area is 74.4 Å². The van der Waals surface area contributed by atoms with Gasteiger partial charge in [0.15, 0.2) is 0 Å². The molecular weight excluding hydrogens is 154 g/mol. The van der Waals surface area contributed by atoms with Crippen LogP contribution in [-0.2, 0) is 9.47 Å². The minimum Gasteiger partial charge on any atom is -0.371 e. The van der Waals surface area contributed by atoms with Crippen molar-refractivity contribution in [2.75, 3.05) is 13.2 Å². The predicted octanol–water partition coefficient (Wildman–Crippen LogP) is 1.30. The Hall–Kier alpha value is -0.120. The topological polar surface area (TPSA) is 33.8 Å². The van der Waals surface area contributed by atoms with E-state index in [1.54, 1.807) is 0 Å². The largest absolute Gasteiger partial charge is 0.371 e. The van der Waals surface area contributed by atoms with Gasteiger partial charge in [0.1, 0.15) is 12.3 Å². The lowest BCUT2D eigenvalue weighted by Gasteiger charge is -2.16. The molecule has 1 heterocycles. The minimum absolute atomic E-state index is 0.161. The van der Waals surface area contributed by atoms with Gasteiger partial charge in [-0.05, 0) is 12.8 Å². The fraction of sp³-hybridized carbons (Fsp3) is 0.889. The minimum atomic E-state index is 0.161. The molecule has 0 amide bonds. The molecule has 1 N–H and O–H groups in total. The van der Waals surface area contributed by atoms with Crippen molar-refractivity contribution in [1.82, 2.24) is 5.32 Å². The third-order valence-electron chi connectivity index (χ3n) is 1.76. The fourth-order valence-corrected chi connectivity index (χ4v) is 0.921. The van der Waals surface area contributed by atoms with Crippen molar-refractivity contribution in [3.63, 3.8) is 0 Å². The average molecular weight is 172 g/mol. The first-order valence-corrected chi connectivity index (χ1v) is 4.67. The van der Waals surface area contributed by atoms with Crippen molar-refractivity contribution in [1.29, 1.82) is 0 Å². The summed E-state index contributed by atoms with van der Waals surface area (Å²) in [5, 5.41) is 3.20. The summed E-state index contributed by atoms with van der Waals surface area (Å²) < 4.78 is 10.6. The van der Waals surface area contributed by atoms with Crippen LogP contribution >= 0.6 is 0 Å². The van der Waals surface area contributed by atoms with E-state index in [1.165, 1.54) is 0 Å². The predicted molar refractivity (Wildman–Crippen MR) is 47.5 cm³/mol. The number of hydrogen-bond acceptors (Lipinski definition) is 3. The molecule has 1 radical (unpaired) electrons. The van der Waals surface area contributed by atoms with Crippen LogP contribution in [0.15, 0.2) is 0 Å². The number of nitrogens with one attached hydrogen (secondary N) is 1. The van der Waals surface area contributed by atoms with Crippen LogP contribution in [0.25, 0.3) is 0 Å². The standard InChI is InChI=1S/C9H18NO2/c1-3-5-10-9(4-2)12-7-8-6-11-8/h5,8-10H,3-4,6-7H2,1-2H3. The highest BCUT2D eigenvalue weighted by atomic mass is 16.6. The summed E-state index contributed by atoms with van der Waals surface area (Å²) in [6.07, 6.45) is 2.54. The summed E-state index contributed by atoms with van der Waals surface area (Å²) in [5.74, 6) is 0.